The normalized spacial score (nSPS) is 16.1. The molecule has 0 spiro atoms. The molecule has 1 fully saturated rings. The van der Waals surface area contributed by atoms with E-state index in [2.05, 4.69) is 4.98 Å². The molecule has 1 unspecified atom stereocenters. The van der Waals surface area contributed by atoms with Gasteiger partial charge in [-0.2, -0.15) is 0 Å². The number of aromatic nitrogens is 1. The number of carbonyl (C=O) groups excluding carboxylic acids is 1. The van der Waals surface area contributed by atoms with Crippen molar-refractivity contribution in [2.45, 2.75) is 18.9 Å². The highest BCUT2D eigenvalue weighted by Gasteiger charge is 2.29. The maximum absolute atomic E-state index is 13.8. The number of halogens is 1. The zero-order chi connectivity index (χ0) is 21.4. The van der Waals surface area contributed by atoms with Gasteiger partial charge in [0.15, 0.2) is 5.13 Å². The van der Waals surface area contributed by atoms with Crippen LogP contribution in [0.2, 0.25) is 0 Å². The number of methoxy groups -OCH3 is 1. The summed E-state index contributed by atoms with van der Waals surface area (Å²) >= 11 is 1.30. The number of fused-ring (bicyclic) bond motifs is 2. The van der Waals surface area contributed by atoms with Crippen LogP contribution in [0, 0.1) is 5.82 Å². The van der Waals surface area contributed by atoms with E-state index in [0.29, 0.717) is 39.8 Å². The van der Waals surface area contributed by atoms with Crippen LogP contribution >= 0.6 is 11.3 Å². The summed E-state index contributed by atoms with van der Waals surface area (Å²) in [5.74, 6) is -0.0262. The summed E-state index contributed by atoms with van der Waals surface area (Å²) in [6.07, 6.45) is 1.80. The molecule has 1 atom stereocenters. The highest BCUT2D eigenvalue weighted by molar-refractivity contribution is 7.22. The number of hydrogen-bond donors (Lipinski definition) is 0. The smallest absolute Gasteiger partial charge is 0.263 e. The molecular formula is C24H21FN2O3S. The zero-order valence-corrected chi connectivity index (χ0v) is 17.8. The van der Waals surface area contributed by atoms with Crippen molar-refractivity contribution in [2.24, 2.45) is 0 Å². The Bertz CT molecular complexity index is 1270. The minimum atomic E-state index is -0.323. The van der Waals surface area contributed by atoms with Crippen LogP contribution in [0.5, 0.6) is 5.75 Å². The second-order valence-electron chi connectivity index (χ2n) is 7.56. The number of amides is 1. The van der Waals surface area contributed by atoms with Gasteiger partial charge in [-0.05, 0) is 53.9 Å². The summed E-state index contributed by atoms with van der Waals surface area (Å²) in [7, 11) is 1.56. The highest BCUT2D eigenvalue weighted by Crippen LogP contribution is 2.34. The molecule has 0 aliphatic carbocycles. The Kier molecular flexibility index (Phi) is 5.29. The van der Waals surface area contributed by atoms with Crippen molar-refractivity contribution in [1.29, 1.82) is 0 Å². The summed E-state index contributed by atoms with van der Waals surface area (Å²) in [6.45, 7) is 1.08. The van der Waals surface area contributed by atoms with Crippen molar-refractivity contribution in [3.05, 3.63) is 66.0 Å². The SMILES string of the molecule is COc1cc2ccccc2cc1C(=O)N(CC1CCCO1)c1nc2ccc(F)cc2s1. The molecule has 0 radical (unpaired) electrons. The predicted molar refractivity (Wildman–Crippen MR) is 121 cm³/mol. The van der Waals surface area contributed by atoms with Gasteiger partial charge in [0.25, 0.3) is 5.91 Å². The fourth-order valence-electron chi connectivity index (χ4n) is 3.94. The third-order valence-electron chi connectivity index (χ3n) is 5.52. The van der Waals surface area contributed by atoms with E-state index in [0.717, 1.165) is 23.6 Å². The van der Waals surface area contributed by atoms with Crippen molar-refractivity contribution in [3.63, 3.8) is 0 Å². The first-order valence-electron chi connectivity index (χ1n) is 10.2. The third-order valence-corrected chi connectivity index (χ3v) is 6.56. The Labute approximate surface area is 183 Å². The topological polar surface area (TPSA) is 51.7 Å². The second kappa shape index (κ2) is 8.24. The molecule has 5 nitrogen and oxygen atoms in total. The van der Waals surface area contributed by atoms with Crippen molar-refractivity contribution in [3.8, 4) is 5.75 Å². The largest absolute Gasteiger partial charge is 0.496 e. The molecule has 7 heteroatoms. The maximum atomic E-state index is 13.8. The first-order chi connectivity index (χ1) is 15.1. The molecule has 0 saturated carbocycles. The molecule has 1 amide bonds. The molecule has 158 valence electrons. The van der Waals surface area contributed by atoms with E-state index in [1.807, 2.05) is 36.4 Å². The predicted octanol–water partition coefficient (Wildman–Crippen LogP) is 5.42. The molecule has 1 aliphatic rings. The number of hydrogen-bond acceptors (Lipinski definition) is 5. The van der Waals surface area contributed by atoms with E-state index in [-0.39, 0.29) is 17.8 Å². The van der Waals surface area contributed by atoms with Gasteiger partial charge in [0.2, 0.25) is 0 Å². The van der Waals surface area contributed by atoms with E-state index < -0.39 is 0 Å². The number of nitrogens with zero attached hydrogens (tertiary/aromatic N) is 2. The number of carbonyl (C=O) groups is 1. The van der Waals surface area contributed by atoms with Crippen molar-refractivity contribution in [2.75, 3.05) is 25.2 Å². The summed E-state index contributed by atoms with van der Waals surface area (Å²) in [4.78, 5) is 20.0. The van der Waals surface area contributed by atoms with Gasteiger partial charge in [-0.25, -0.2) is 9.37 Å². The number of ether oxygens (including phenoxy) is 2. The van der Waals surface area contributed by atoms with Gasteiger partial charge in [0.1, 0.15) is 11.6 Å². The van der Waals surface area contributed by atoms with Gasteiger partial charge in [0, 0.05) is 6.61 Å². The van der Waals surface area contributed by atoms with Crippen LogP contribution in [0.15, 0.2) is 54.6 Å². The van der Waals surface area contributed by atoms with Crippen LogP contribution in [0.4, 0.5) is 9.52 Å². The van der Waals surface area contributed by atoms with Crippen LogP contribution in [-0.4, -0.2) is 37.3 Å². The first-order valence-corrected chi connectivity index (χ1v) is 11.0. The molecule has 0 bridgehead atoms. The van der Waals surface area contributed by atoms with Crippen LogP contribution in [-0.2, 0) is 4.74 Å². The Hall–Kier alpha value is -3.03. The van der Waals surface area contributed by atoms with Crippen LogP contribution < -0.4 is 9.64 Å². The Balaban J connectivity index is 1.60. The second-order valence-corrected chi connectivity index (χ2v) is 8.57. The summed E-state index contributed by atoms with van der Waals surface area (Å²) in [5.41, 5.74) is 1.13. The lowest BCUT2D eigenvalue weighted by Crippen LogP contribution is -2.37. The average molecular weight is 437 g/mol. The highest BCUT2D eigenvalue weighted by atomic mass is 32.1. The van der Waals surface area contributed by atoms with Gasteiger partial charge in [0.05, 0.1) is 35.5 Å². The van der Waals surface area contributed by atoms with Crippen LogP contribution in [0.1, 0.15) is 23.2 Å². The standard InChI is InChI=1S/C24H21FN2O3S/c1-29-21-12-16-6-3-2-5-15(16)11-19(21)23(28)27(14-18-7-4-10-30-18)24-26-20-9-8-17(25)13-22(20)31-24/h2-3,5-6,8-9,11-13,18H,4,7,10,14H2,1H3. The van der Waals surface area contributed by atoms with Gasteiger partial charge >= 0.3 is 0 Å². The summed E-state index contributed by atoms with van der Waals surface area (Å²) in [6, 6.07) is 16.0. The van der Waals surface area contributed by atoms with Crippen molar-refractivity contribution < 1.29 is 18.7 Å². The summed E-state index contributed by atoms with van der Waals surface area (Å²) in [5, 5.41) is 2.48. The molecule has 1 aromatic heterocycles. The lowest BCUT2D eigenvalue weighted by atomic mass is 10.0. The molecule has 31 heavy (non-hydrogen) atoms. The monoisotopic (exact) mass is 436 g/mol. The Morgan fingerprint density at radius 1 is 1.23 bits per heavy atom. The van der Waals surface area contributed by atoms with Gasteiger partial charge in [-0.3, -0.25) is 9.69 Å². The van der Waals surface area contributed by atoms with Gasteiger partial charge in [-0.15, -0.1) is 0 Å². The average Bonchev–Trinajstić information content (AvgIpc) is 3.45. The number of benzene rings is 3. The first kappa shape index (κ1) is 19.9. The molecule has 0 N–H and O–H groups in total. The molecule has 3 aromatic carbocycles. The molecular weight excluding hydrogens is 415 g/mol. The zero-order valence-electron chi connectivity index (χ0n) is 17.0. The minimum Gasteiger partial charge on any atom is -0.496 e. The Morgan fingerprint density at radius 2 is 2.03 bits per heavy atom. The number of thiazole rings is 1. The van der Waals surface area contributed by atoms with E-state index in [4.69, 9.17) is 9.47 Å². The third kappa shape index (κ3) is 3.86. The molecule has 1 aliphatic heterocycles. The minimum absolute atomic E-state index is 0.0563. The fourth-order valence-corrected chi connectivity index (χ4v) is 4.94. The van der Waals surface area contributed by atoms with E-state index >= 15 is 0 Å². The van der Waals surface area contributed by atoms with Crippen LogP contribution in [0.25, 0.3) is 21.0 Å². The van der Waals surface area contributed by atoms with E-state index in [1.165, 1.54) is 23.5 Å². The molecule has 5 rings (SSSR count). The van der Waals surface area contributed by atoms with Gasteiger partial charge < -0.3 is 9.47 Å². The van der Waals surface area contributed by atoms with E-state index in [1.54, 1.807) is 18.1 Å². The van der Waals surface area contributed by atoms with Crippen LogP contribution in [0.3, 0.4) is 0 Å². The number of anilines is 1. The quantitative estimate of drug-likeness (QED) is 0.419. The molecule has 2 heterocycles. The lowest BCUT2D eigenvalue weighted by Gasteiger charge is -2.24. The molecule has 1 saturated heterocycles. The molecule has 4 aromatic rings. The number of rotatable bonds is 5. The Morgan fingerprint density at radius 3 is 2.77 bits per heavy atom. The summed E-state index contributed by atoms with van der Waals surface area (Å²) < 4.78 is 25.8. The fraction of sp³-hybridized carbons (Fsp3) is 0.250. The van der Waals surface area contributed by atoms with Gasteiger partial charge in [-0.1, -0.05) is 35.6 Å². The lowest BCUT2D eigenvalue weighted by molar-refractivity contribution is 0.0915. The van der Waals surface area contributed by atoms with E-state index in [9.17, 15) is 9.18 Å². The van der Waals surface area contributed by atoms with Crippen molar-refractivity contribution in [1.82, 2.24) is 4.98 Å². The maximum Gasteiger partial charge on any atom is 0.263 e. The van der Waals surface area contributed by atoms with Crippen molar-refractivity contribution >= 4 is 43.4 Å².